The second-order valence-corrected chi connectivity index (χ2v) is 6.70. The maximum Gasteiger partial charge on any atom is 0.339 e. The Labute approximate surface area is 138 Å². The van der Waals surface area contributed by atoms with Crippen molar-refractivity contribution in [2.45, 2.75) is 17.9 Å². The molecule has 132 valence electrons. The minimum atomic E-state index is -4.39. The molecule has 10 heteroatoms. The van der Waals surface area contributed by atoms with Gasteiger partial charge in [-0.05, 0) is 25.1 Å². The molecular weight excluding hydrogens is 342 g/mol. The lowest BCUT2D eigenvalue weighted by Crippen LogP contribution is -2.40. The third kappa shape index (κ3) is 3.71. The van der Waals surface area contributed by atoms with E-state index < -0.39 is 38.9 Å². The van der Waals surface area contributed by atoms with Crippen molar-refractivity contribution in [3.63, 3.8) is 0 Å². The lowest BCUT2D eigenvalue weighted by molar-refractivity contribution is -0.140. The van der Waals surface area contributed by atoms with Crippen LogP contribution in [0.5, 0.6) is 0 Å². The predicted octanol–water partition coefficient (Wildman–Crippen LogP) is 0.353. The molecule has 0 amide bonds. The Balaban J connectivity index is 3.60. The van der Waals surface area contributed by atoms with Crippen LogP contribution in [0.1, 0.15) is 27.6 Å². The largest absolute Gasteiger partial charge is 0.480 e. The SMILES string of the molecule is COC(=O)c1ccc(C(=O)OC)c(S(=O)(=O)N(C)C(C)C(=O)O)c1. The van der Waals surface area contributed by atoms with E-state index >= 15 is 0 Å². The first-order chi connectivity index (χ1) is 11.1. The van der Waals surface area contributed by atoms with Gasteiger partial charge in [-0.3, -0.25) is 4.79 Å². The van der Waals surface area contributed by atoms with Gasteiger partial charge in [0.05, 0.1) is 30.2 Å². The molecule has 1 aromatic carbocycles. The Hall–Kier alpha value is -2.46. The van der Waals surface area contributed by atoms with Crippen molar-refractivity contribution in [2.24, 2.45) is 0 Å². The number of esters is 2. The minimum Gasteiger partial charge on any atom is -0.480 e. The van der Waals surface area contributed by atoms with Crippen LogP contribution in [0.3, 0.4) is 0 Å². The molecule has 1 unspecified atom stereocenters. The summed E-state index contributed by atoms with van der Waals surface area (Å²) in [6.45, 7) is 1.17. The highest BCUT2D eigenvalue weighted by atomic mass is 32.2. The van der Waals surface area contributed by atoms with Gasteiger partial charge in [0.25, 0.3) is 0 Å². The van der Waals surface area contributed by atoms with Crippen LogP contribution >= 0.6 is 0 Å². The van der Waals surface area contributed by atoms with Crippen molar-refractivity contribution in [2.75, 3.05) is 21.3 Å². The van der Waals surface area contributed by atoms with Gasteiger partial charge in [0.2, 0.25) is 10.0 Å². The molecule has 0 radical (unpaired) electrons. The van der Waals surface area contributed by atoms with Gasteiger partial charge in [0, 0.05) is 7.05 Å². The second kappa shape index (κ2) is 7.41. The van der Waals surface area contributed by atoms with Gasteiger partial charge in [-0.15, -0.1) is 0 Å². The van der Waals surface area contributed by atoms with Gasteiger partial charge in [-0.1, -0.05) is 0 Å². The van der Waals surface area contributed by atoms with Crippen molar-refractivity contribution in [3.05, 3.63) is 29.3 Å². The van der Waals surface area contributed by atoms with Crippen LogP contribution in [-0.2, 0) is 24.3 Å². The number of aliphatic carboxylic acids is 1. The van der Waals surface area contributed by atoms with Gasteiger partial charge in [-0.2, -0.15) is 4.31 Å². The number of hydrogen-bond donors (Lipinski definition) is 1. The summed E-state index contributed by atoms with van der Waals surface area (Å²) in [5, 5.41) is 9.00. The summed E-state index contributed by atoms with van der Waals surface area (Å²) in [5.41, 5.74) is -0.435. The first kappa shape index (κ1) is 19.6. The smallest absolute Gasteiger partial charge is 0.339 e. The Morgan fingerprint density at radius 2 is 1.67 bits per heavy atom. The van der Waals surface area contributed by atoms with Gasteiger partial charge in [0.15, 0.2) is 0 Å². The summed E-state index contributed by atoms with van der Waals surface area (Å²) < 4.78 is 35.0. The molecule has 0 fully saturated rings. The molecular formula is C14H17NO8S. The van der Waals surface area contributed by atoms with Gasteiger partial charge >= 0.3 is 17.9 Å². The number of likely N-dealkylation sites (N-methyl/N-ethyl adjacent to an activating group) is 1. The lowest BCUT2D eigenvalue weighted by Gasteiger charge is -2.22. The van der Waals surface area contributed by atoms with Crippen LogP contribution in [0.25, 0.3) is 0 Å². The third-order valence-electron chi connectivity index (χ3n) is 3.37. The maximum absolute atomic E-state index is 12.7. The molecule has 1 atom stereocenters. The Morgan fingerprint density at radius 1 is 1.12 bits per heavy atom. The van der Waals surface area contributed by atoms with Crippen molar-refractivity contribution in [3.8, 4) is 0 Å². The van der Waals surface area contributed by atoms with Crippen LogP contribution in [0, 0.1) is 0 Å². The molecule has 1 rings (SSSR count). The molecule has 0 aliphatic heterocycles. The summed E-state index contributed by atoms with van der Waals surface area (Å²) in [6.07, 6.45) is 0. The molecule has 24 heavy (non-hydrogen) atoms. The fourth-order valence-corrected chi connectivity index (χ4v) is 3.30. The lowest BCUT2D eigenvalue weighted by atomic mass is 10.1. The van der Waals surface area contributed by atoms with Crippen LogP contribution in [0.2, 0.25) is 0 Å². The van der Waals surface area contributed by atoms with E-state index in [4.69, 9.17) is 5.11 Å². The van der Waals surface area contributed by atoms with Crippen molar-refractivity contribution < 1.29 is 37.4 Å². The minimum absolute atomic E-state index is 0.111. The molecule has 0 saturated carbocycles. The van der Waals surface area contributed by atoms with E-state index in [0.29, 0.717) is 4.31 Å². The van der Waals surface area contributed by atoms with Crippen LogP contribution < -0.4 is 0 Å². The van der Waals surface area contributed by atoms with E-state index in [1.54, 1.807) is 0 Å². The number of sulfonamides is 1. The van der Waals surface area contributed by atoms with Crippen LogP contribution in [-0.4, -0.2) is 63.0 Å². The zero-order valence-corrected chi connectivity index (χ0v) is 14.3. The van der Waals surface area contributed by atoms with Crippen LogP contribution in [0.15, 0.2) is 23.1 Å². The molecule has 0 aliphatic rings. The van der Waals surface area contributed by atoms with Gasteiger partial charge in [-0.25, -0.2) is 18.0 Å². The van der Waals surface area contributed by atoms with E-state index in [1.165, 1.54) is 13.0 Å². The summed E-state index contributed by atoms with van der Waals surface area (Å²) in [5.74, 6) is -3.12. The predicted molar refractivity (Wildman–Crippen MR) is 81.2 cm³/mol. The first-order valence-corrected chi connectivity index (χ1v) is 8.03. The van der Waals surface area contributed by atoms with E-state index in [2.05, 4.69) is 9.47 Å². The number of hydrogen-bond acceptors (Lipinski definition) is 7. The van der Waals surface area contributed by atoms with E-state index in [-0.39, 0.29) is 11.1 Å². The van der Waals surface area contributed by atoms with Gasteiger partial charge in [0.1, 0.15) is 6.04 Å². The number of benzene rings is 1. The number of methoxy groups -OCH3 is 2. The fraction of sp³-hybridized carbons (Fsp3) is 0.357. The Bertz CT molecular complexity index is 771. The number of carbonyl (C=O) groups is 3. The monoisotopic (exact) mass is 359 g/mol. The topological polar surface area (TPSA) is 127 Å². The average Bonchev–Trinajstić information content (AvgIpc) is 2.58. The molecule has 0 saturated heterocycles. The van der Waals surface area contributed by atoms with E-state index in [9.17, 15) is 22.8 Å². The van der Waals surface area contributed by atoms with Gasteiger partial charge < -0.3 is 14.6 Å². The maximum atomic E-state index is 12.7. The van der Waals surface area contributed by atoms with Crippen molar-refractivity contribution in [1.29, 1.82) is 0 Å². The van der Waals surface area contributed by atoms with Crippen molar-refractivity contribution >= 4 is 27.9 Å². The Kier molecular flexibility index (Phi) is 6.04. The first-order valence-electron chi connectivity index (χ1n) is 6.59. The van der Waals surface area contributed by atoms with E-state index in [0.717, 1.165) is 33.4 Å². The second-order valence-electron chi connectivity index (χ2n) is 4.73. The fourth-order valence-electron chi connectivity index (χ4n) is 1.78. The highest BCUT2D eigenvalue weighted by molar-refractivity contribution is 7.89. The number of carbonyl (C=O) groups excluding carboxylic acids is 2. The van der Waals surface area contributed by atoms with Crippen LogP contribution in [0.4, 0.5) is 0 Å². The molecule has 0 aliphatic carbocycles. The molecule has 0 bridgehead atoms. The Morgan fingerprint density at radius 3 is 2.12 bits per heavy atom. The zero-order chi connectivity index (χ0) is 18.7. The van der Waals surface area contributed by atoms with E-state index in [1.807, 2.05) is 0 Å². The summed E-state index contributed by atoms with van der Waals surface area (Å²) in [7, 11) is -1.15. The molecule has 9 nitrogen and oxygen atoms in total. The molecule has 1 N–H and O–H groups in total. The number of nitrogens with zero attached hydrogens (tertiary/aromatic N) is 1. The molecule has 1 aromatic rings. The molecule has 0 aromatic heterocycles. The highest BCUT2D eigenvalue weighted by Gasteiger charge is 2.33. The average molecular weight is 359 g/mol. The summed E-state index contributed by atoms with van der Waals surface area (Å²) >= 11 is 0. The number of rotatable bonds is 6. The molecule has 0 spiro atoms. The normalized spacial score (nSPS) is 12.5. The quantitative estimate of drug-likeness (QED) is 0.721. The van der Waals surface area contributed by atoms with Crippen molar-refractivity contribution in [1.82, 2.24) is 4.31 Å². The summed E-state index contributed by atoms with van der Waals surface area (Å²) in [4.78, 5) is 33.9. The standard InChI is InChI=1S/C14H17NO8S/c1-8(12(16)17)15(2)24(20,21)11-7-9(13(18)22-3)5-6-10(11)14(19)23-4/h5-8H,1-4H3,(H,16,17). The zero-order valence-electron chi connectivity index (χ0n) is 13.5. The number of carboxylic acids is 1. The third-order valence-corrected chi connectivity index (χ3v) is 5.34. The highest BCUT2D eigenvalue weighted by Crippen LogP contribution is 2.24. The molecule has 0 heterocycles. The summed E-state index contributed by atoms with van der Waals surface area (Å²) in [6, 6.07) is 1.86. The number of ether oxygens (including phenoxy) is 2. The number of carboxylic acid groups (broad SMARTS) is 1.